The molecule has 31 heavy (non-hydrogen) atoms. The number of nitrogen functional groups attached to an aromatic ring is 1. The third-order valence-electron chi connectivity index (χ3n) is 5.78. The van der Waals surface area contributed by atoms with Crippen LogP contribution in [-0.4, -0.2) is 52.1 Å². The monoisotopic (exact) mass is 418 g/mol. The third-order valence-corrected chi connectivity index (χ3v) is 5.78. The predicted molar refractivity (Wildman–Crippen MR) is 127 cm³/mol. The summed E-state index contributed by atoms with van der Waals surface area (Å²) in [5, 5.41) is 0. The Morgan fingerprint density at radius 2 is 1.65 bits per heavy atom. The molecule has 0 aliphatic carbocycles. The fourth-order valence-electron chi connectivity index (χ4n) is 4.07. The molecule has 3 heterocycles. The molecule has 5 rings (SSSR count). The summed E-state index contributed by atoms with van der Waals surface area (Å²) in [6.07, 6.45) is 1.88. The molecule has 0 amide bonds. The van der Waals surface area contributed by atoms with Gasteiger partial charge in [-0.2, -0.15) is 4.98 Å². The van der Waals surface area contributed by atoms with Crippen LogP contribution in [0.3, 0.4) is 0 Å². The van der Waals surface area contributed by atoms with Crippen molar-refractivity contribution in [2.45, 2.75) is 33.7 Å². The van der Waals surface area contributed by atoms with E-state index in [0.717, 1.165) is 59.7 Å². The molecule has 2 N–H and O–H groups in total. The Morgan fingerprint density at radius 3 is 2.35 bits per heavy atom. The van der Waals surface area contributed by atoms with E-state index in [1.807, 2.05) is 44.3 Å². The first kappa shape index (κ1) is 21.1. The van der Waals surface area contributed by atoms with Crippen LogP contribution in [0.4, 0.5) is 11.8 Å². The maximum Gasteiger partial charge on any atom is 0.292 e. The summed E-state index contributed by atoms with van der Waals surface area (Å²) in [5.74, 6) is 0.942. The number of hydrogen-bond donors (Lipinski definition) is 1. The Kier molecular flexibility index (Phi) is 6.04. The second kappa shape index (κ2) is 8.89. The largest absolute Gasteiger partial charge is 0.424 e. The van der Waals surface area contributed by atoms with Crippen molar-refractivity contribution in [2.24, 2.45) is 0 Å². The lowest BCUT2D eigenvalue weighted by atomic mass is 10.0. The molecule has 0 saturated carbocycles. The number of benzene rings is 2. The molecule has 1 aliphatic rings. The molecule has 0 radical (unpaired) electrons. The van der Waals surface area contributed by atoms with Gasteiger partial charge in [0, 0.05) is 19.1 Å². The number of aromatic nitrogens is 3. The van der Waals surface area contributed by atoms with E-state index in [1.165, 1.54) is 0 Å². The normalized spacial score (nSPS) is 14.0. The molecule has 2 aromatic heterocycles. The van der Waals surface area contributed by atoms with Crippen molar-refractivity contribution >= 4 is 34.0 Å². The SMILES string of the molecule is CC.CCN(CC)C1CN(c2cnc3ccc(-c4ccc5oc(N)nc5c4)cc3n2)C1. The predicted octanol–water partition coefficient (Wildman–Crippen LogP) is 4.58. The van der Waals surface area contributed by atoms with Crippen LogP contribution in [0.1, 0.15) is 27.7 Å². The molecular weight excluding hydrogens is 388 g/mol. The van der Waals surface area contributed by atoms with Crippen molar-refractivity contribution in [1.82, 2.24) is 19.9 Å². The van der Waals surface area contributed by atoms with Crippen molar-refractivity contribution in [3.8, 4) is 11.1 Å². The maximum atomic E-state index is 5.66. The van der Waals surface area contributed by atoms with E-state index in [0.29, 0.717) is 11.6 Å². The molecule has 2 aromatic carbocycles. The molecule has 7 nitrogen and oxygen atoms in total. The number of nitrogens with zero attached hydrogens (tertiary/aromatic N) is 5. The third kappa shape index (κ3) is 4.05. The molecule has 0 bridgehead atoms. The lowest BCUT2D eigenvalue weighted by Crippen LogP contribution is -2.59. The molecular formula is C24H30N6O. The van der Waals surface area contributed by atoms with Crippen LogP contribution in [0.2, 0.25) is 0 Å². The van der Waals surface area contributed by atoms with E-state index < -0.39 is 0 Å². The van der Waals surface area contributed by atoms with Crippen LogP contribution in [0.25, 0.3) is 33.3 Å². The molecule has 0 spiro atoms. The molecule has 1 aliphatic heterocycles. The minimum atomic E-state index is 0.184. The summed E-state index contributed by atoms with van der Waals surface area (Å²) >= 11 is 0. The van der Waals surface area contributed by atoms with Gasteiger partial charge in [0.05, 0.1) is 17.2 Å². The highest BCUT2D eigenvalue weighted by molar-refractivity contribution is 5.86. The van der Waals surface area contributed by atoms with Crippen molar-refractivity contribution < 1.29 is 4.42 Å². The zero-order valence-electron chi connectivity index (χ0n) is 18.7. The number of nitrogens with two attached hydrogens (primary N) is 1. The molecule has 0 unspecified atom stereocenters. The minimum Gasteiger partial charge on any atom is -0.424 e. The van der Waals surface area contributed by atoms with Gasteiger partial charge in [-0.25, -0.2) is 4.98 Å². The van der Waals surface area contributed by atoms with Gasteiger partial charge >= 0.3 is 0 Å². The van der Waals surface area contributed by atoms with Crippen LogP contribution >= 0.6 is 0 Å². The van der Waals surface area contributed by atoms with E-state index in [9.17, 15) is 0 Å². The first-order valence-electron chi connectivity index (χ1n) is 11.1. The Morgan fingerprint density at radius 1 is 0.968 bits per heavy atom. The average Bonchev–Trinajstić information content (AvgIpc) is 3.15. The molecule has 4 aromatic rings. The summed E-state index contributed by atoms with van der Waals surface area (Å²) in [7, 11) is 0. The first-order chi connectivity index (χ1) is 15.1. The van der Waals surface area contributed by atoms with Gasteiger partial charge in [-0.1, -0.05) is 39.8 Å². The number of rotatable bonds is 5. The average molecular weight is 419 g/mol. The zero-order chi connectivity index (χ0) is 22.0. The van der Waals surface area contributed by atoms with E-state index in [2.05, 4.69) is 45.7 Å². The smallest absolute Gasteiger partial charge is 0.292 e. The topological polar surface area (TPSA) is 84.3 Å². The number of likely N-dealkylation sites (N-methyl/N-ethyl adjacent to an activating group) is 1. The summed E-state index contributed by atoms with van der Waals surface area (Å²) < 4.78 is 5.37. The van der Waals surface area contributed by atoms with Gasteiger partial charge in [0.1, 0.15) is 11.3 Å². The van der Waals surface area contributed by atoms with E-state index in [1.54, 1.807) is 0 Å². The quantitative estimate of drug-likeness (QED) is 0.508. The van der Waals surface area contributed by atoms with Crippen molar-refractivity contribution in [3.63, 3.8) is 0 Å². The lowest BCUT2D eigenvalue weighted by Gasteiger charge is -2.45. The van der Waals surface area contributed by atoms with Crippen LogP contribution in [0.15, 0.2) is 47.0 Å². The number of fused-ring (bicyclic) bond motifs is 2. The van der Waals surface area contributed by atoms with E-state index in [4.69, 9.17) is 15.1 Å². The van der Waals surface area contributed by atoms with E-state index >= 15 is 0 Å². The highest BCUT2D eigenvalue weighted by Gasteiger charge is 2.31. The van der Waals surface area contributed by atoms with Crippen LogP contribution in [0.5, 0.6) is 0 Å². The van der Waals surface area contributed by atoms with Gasteiger partial charge in [0.2, 0.25) is 0 Å². The Bertz CT molecular complexity index is 1180. The molecule has 7 heteroatoms. The standard InChI is InChI=1S/C22H24N6O.C2H6/c1-3-27(4-2)16-12-28(13-16)21-11-24-17-7-5-14(9-18(17)25-21)15-6-8-20-19(10-15)26-22(23)29-20;1-2/h5-11,16H,3-4,12-13H2,1-2H3,(H2,23,26);1-2H3. The molecule has 162 valence electrons. The highest BCUT2D eigenvalue weighted by Crippen LogP contribution is 2.29. The molecule has 1 fully saturated rings. The highest BCUT2D eigenvalue weighted by atomic mass is 16.4. The second-order valence-electron chi connectivity index (χ2n) is 7.45. The summed E-state index contributed by atoms with van der Waals surface area (Å²) in [6, 6.07) is 12.8. The van der Waals surface area contributed by atoms with Gasteiger partial charge in [-0.3, -0.25) is 9.88 Å². The zero-order valence-corrected chi connectivity index (χ0v) is 18.7. The first-order valence-corrected chi connectivity index (χ1v) is 11.1. The number of hydrogen-bond acceptors (Lipinski definition) is 7. The summed E-state index contributed by atoms with van der Waals surface area (Å²) in [5.41, 5.74) is 11.0. The van der Waals surface area contributed by atoms with Gasteiger partial charge in [0.15, 0.2) is 5.58 Å². The lowest BCUT2D eigenvalue weighted by molar-refractivity contribution is 0.183. The van der Waals surface area contributed by atoms with Crippen molar-refractivity contribution in [1.29, 1.82) is 0 Å². The molecule has 0 atom stereocenters. The van der Waals surface area contributed by atoms with Crippen molar-refractivity contribution in [2.75, 3.05) is 36.8 Å². The number of anilines is 2. The fraction of sp³-hybridized carbons (Fsp3) is 0.375. The Labute approximate surface area is 182 Å². The van der Waals surface area contributed by atoms with Crippen LogP contribution in [0, 0.1) is 0 Å². The van der Waals surface area contributed by atoms with Crippen molar-refractivity contribution in [3.05, 3.63) is 42.6 Å². The van der Waals surface area contributed by atoms with Crippen LogP contribution in [-0.2, 0) is 0 Å². The van der Waals surface area contributed by atoms with E-state index in [-0.39, 0.29) is 6.01 Å². The van der Waals surface area contributed by atoms with Crippen LogP contribution < -0.4 is 10.6 Å². The number of oxazole rings is 1. The summed E-state index contributed by atoms with van der Waals surface area (Å²) in [6.45, 7) is 12.6. The fourth-order valence-corrected chi connectivity index (χ4v) is 4.07. The van der Waals surface area contributed by atoms with Gasteiger partial charge in [-0.15, -0.1) is 0 Å². The van der Waals surface area contributed by atoms with Gasteiger partial charge < -0.3 is 15.1 Å². The second-order valence-corrected chi connectivity index (χ2v) is 7.45. The minimum absolute atomic E-state index is 0.184. The molecule has 1 saturated heterocycles. The van der Waals surface area contributed by atoms with Gasteiger partial charge in [0.25, 0.3) is 6.01 Å². The Balaban J connectivity index is 0.00000112. The maximum absolute atomic E-state index is 5.66. The summed E-state index contributed by atoms with van der Waals surface area (Å²) in [4.78, 5) is 18.5. The Hall–Kier alpha value is -3.19. The van der Waals surface area contributed by atoms with Gasteiger partial charge in [-0.05, 0) is 48.5 Å².